The van der Waals surface area contributed by atoms with E-state index in [2.05, 4.69) is 11.7 Å². The van der Waals surface area contributed by atoms with Gasteiger partial charge in [-0.05, 0) is 0 Å². The van der Waals surface area contributed by atoms with Crippen molar-refractivity contribution < 1.29 is 38.0 Å². The van der Waals surface area contributed by atoms with E-state index in [9.17, 15) is 8.42 Å². The van der Waals surface area contributed by atoms with Crippen LogP contribution in [-0.2, 0) is 20.5 Å². The zero-order valence-corrected chi connectivity index (χ0v) is 8.81. The van der Waals surface area contributed by atoms with Crippen LogP contribution in [0.5, 0.6) is 0 Å². The van der Waals surface area contributed by atoms with E-state index in [0.717, 1.165) is 0 Å². The molecule has 0 aromatic heterocycles. The fourth-order valence-electron chi connectivity index (χ4n) is 0.0945. The topological polar surface area (TPSA) is 34.1 Å². The van der Waals surface area contributed by atoms with E-state index in [-0.39, 0.29) is 41.2 Å². The van der Waals surface area contributed by atoms with Crippen molar-refractivity contribution >= 4 is 32.1 Å². The number of rotatable bonds is 2. The summed E-state index contributed by atoms with van der Waals surface area (Å²) >= 11 is 9.01. The Labute approximate surface area is 81.0 Å². The van der Waals surface area contributed by atoms with Crippen LogP contribution in [0.25, 0.3) is 0 Å². The predicted octanol–water partition coefficient (Wildman–Crippen LogP) is -2.89. The Morgan fingerprint density at radius 1 is 1.50 bits per heavy atom. The minimum absolute atomic E-state index is 0. The average molecular weight is 183 g/mol. The summed E-state index contributed by atoms with van der Waals surface area (Å²) in [5.41, 5.74) is 0. The summed E-state index contributed by atoms with van der Waals surface area (Å²) in [6, 6.07) is 0. The molecule has 0 spiro atoms. The molecule has 0 fully saturated rings. The van der Waals surface area contributed by atoms with E-state index in [1.165, 1.54) is 0 Å². The zero-order valence-electron chi connectivity index (χ0n) is 4.43. The Kier molecular flexibility index (Phi) is 8.26. The number of hydrogen-bond acceptors (Lipinski definition) is 3. The third-order valence-electron chi connectivity index (χ3n) is 0.327. The first-order valence-electron chi connectivity index (χ1n) is 1.56. The first-order chi connectivity index (χ1) is 3.06. The molecule has 0 heterocycles. The Morgan fingerprint density at radius 2 is 1.88 bits per heavy atom. The SMILES string of the molecule is O=S(=O)([S-])CCCl.[Na+]. The van der Waals surface area contributed by atoms with Crippen LogP contribution < -0.4 is 29.6 Å². The van der Waals surface area contributed by atoms with Crippen LogP contribution in [0.3, 0.4) is 0 Å². The molecule has 0 aliphatic heterocycles. The van der Waals surface area contributed by atoms with Gasteiger partial charge in [-0.15, -0.1) is 11.6 Å². The van der Waals surface area contributed by atoms with Gasteiger partial charge in [0.15, 0.2) is 0 Å². The summed E-state index contributed by atoms with van der Waals surface area (Å²) in [6.45, 7) is 0. The quantitative estimate of drug-likeness (QED) is 0.199. The number of halogens is 1. The van der Waals surface area contributed by atoms with Gasteiger partial charge >= 0.3 is 29.6 Å². The van der Waals surface area contributed by atoms with Crippen molar-refractivity contribution in [3.63, 3.8) is 0 Å². The van der Waals surface area contributed by atoms with Crippen molar-refractivity contribution in [2.45, 2.75) is 0 Å². The van der Waals surface area contributed by atoms with Crippen LogP contribution in [0, 0.1) is 0 Å². The molecule has 0 aromatic rings. The molecule has 0 atom stereocenters. The largest absolute Gasteiger partial charge is 1.00 e. The molecule has 8 heavy (non-hydrogen) atoms. The van der Waals surface area contributed by atoms with E-state index in [1.807, 2.05) is 0 Å². The molecule has 0 amide bonds. The van der Waals surface area contributed by atoms with Crippen LogP contribution in [0.15, 0.2) is 0 Å². The second-order valence-electron chi connectivity index (χ2n) is 0.951. The molecule has 0 rings (SSSR count). The molecule has 0 bridgehead atoms. The van der Waals surface area contributed by atoms with Gasteiger partial charge in [0.1, 0.15) is 0 Å². The Morgan fingerprint density at radius 3 is 1.88 bits per heavy atom. The van der Waals surface area contributed by atoms with Gasteiger partial charge in [-0.3, -0.25) is 8.42 Å². The minimum atomic E-state index is -3.22. The standard InChI is InChI=1S/C2H5ClO2S2.Na/c3-1-2-7(4,5)6;/h1-2H2,(H,4,5,6);/q;+1/p-1. The first-order valence-corrected chi connectivity index (χ1v) is 4.67. The van der Waals surface area contributed by atoms with Gasteiger partial charge in [0, 0.05) is 20.5 Å². The van der Waals surface area contributed by atoms with Crippen LogP contribution >= 0.6 is 11.6 Å². The molecule has 0 aromatic carbocycles. The zero-order chi connectivity index (χ0) is 5.91. The monoisotopic (exact) mass is 182 g/mol. The second-order valence-corrected chi connectivity index (χ2v) is 4.38. The van der Waals surface area contributed by atoms with Crippen LogP contribution in [0.4, 0.5) is 0 Å². The molecule has 0 aliphatic rings. The fourth-order valence-corrected chi connectivity index (χ4v) is 1.42. The van der Waals surface area contributed by atoms with Gasteiger partial charge in [-0.2, -0.15) is 0 Å². The van der Waals surface area contributed by atoms with E-state index >= 15 is 0 Å². The molecule has 0 saturated carbocycles. The number of alkyl halides is 1. The third kappa shape index (κ3) is 10.5. The molecular formula is C2H4ClNaO2S2. The van der Waals surface area contributed by atoms with Crippen molar-refractivity contribution in [2.24, 2.45) is 0 Å². The maximum atomic E-state index is 9.96. The predicted molar refractivity (Wildman–Crippen MR) is 31.9 cm³/mol. The summed E-state index contributed by atoms with van der Waals surface area (Å²) in [7, 11) is -3.22. The molecule has 2 nitrogen and oxygen atoms in total. The molecule has 0 aliphatic carbocycles. The van der Waals surface area contributed by atoms with Crippen molar-refractivity contribution in [1.82, 2.24) is 0 Å². The van der Waals surface area contributed by atoms with Crippen molar-refractivity contribution in [1.29, 1.82) is 0 Å². The van der Waals surface area contributed by atoms with Crippen molar-refractivity contribution in [3.8, 4) is 0 Å². The maximum Gasteiger partial charge on any atom is 1.00 e. The summed E-state index contributed by atoms with van der Waals surface area (Å²) in [6.07, 6.45) is 0. The Balaban J connectivity index is 0. The molecular weight excluding hydrogens is 179 g/mol. The fraction of sp³-hybridized carbons (Fsp3) is 1.00. The van der Waals surface area contributed by atoms with Crippen LogP contribution in [-0.4, -0.2) is 20.1 Å². The van der Waals surface area contributed by atoms with Gasteiger partial charge in [0.2, 0.25) is 0 Å². The number of hydrogen-bond donors (Lipinski definition) is 0. The second kappa shape index (κ2) is 5.38. The van der Waals surface area contributed by atoms with E-state index in [1.54, 1.807) is 0 Å². The van der Waals surface area contributed by atoms with E-state index in [4.69, 9.17) is 11.6 Å². The molecule has 44 valence electrons. The summed E-state index contributed by atoms with van der Waals surface area (Å²) < 4.78 is 19.9. The van der Waals surface area contributed by atoms with Crippen LogP contribution in [0.2, 0.25) is 0 Å². The van der Waals surface area contributed by atoms with Crippen LogP contribution in [0.1, 0.15) is 0 Å². The van der Waals surface area contributed by atoms with Gasteiger partial charge in [0.05, 0.1) is 0 Å². The summed E-state index contributed by atoms with van der Waals surface area (Å²) in [5, 5.41) is 0. The Hall–Kier alpha value is 1.59. The molecule has 0 saturated heterocycles. The van der Waals surface area contributed by atoms with E-state index < -0.39 is 8.87 Å². The van der Waals surface area contributed by atoms with Gasteiger partial charge in [-0.1, -0.05) is 0 Å². The van der Waals surface area contributed by atoms with Crippen molar-refractivity contribution in [2.75, 3.05) is 11.6 Å². The minimum Gasteiger partial charge on any atom is -0.649 e. The first kappa shape index (κ1) is 12.3. The molecule has 0 radical (unpaired) electrons. The maximum absolute atomic E-state index is 9.96. The van der Waals surface area contributed by atoms with E-state index in [0.29, 0.717) is 0 Å². The van der Waals surface area contributed by atoms with Gasteiger partial charge < -0.3 is 11.7 Å². The molecule has 0 unspecified atom stereocenters. The normalized spacial score (nSPS) is 10.2. The molecule has 6 heteroatoms. The smallest absolute Gasteiger partial charge is 0.649 e. The van der Waals surface area contributed by atoms with Gasteiger partial charge in [-0.25, -0.2) is 0 Å². The van der Waals surface area contributed by atoms with Gasteiger partial charge in [0.25, 0.3) is 0 Å². The third-order valence-corrected chi connectivity index (χ3v) is 1.94. The summed E-state index contributed by atoms with van der Waals surface area (Å²) in [5.74, 6) is -0.0181. The average Bonchev–Trinajstić information content (AvgIpc) is 1.30. The van der Waals surface area contributed by atoms with Crippen molar-refractivity contribution in [3.05, 3.63) is 0 Å². The Bertz CT molecular complexity index is 131. The molecule has 0 N–H and O–H groups in total. The summed E-state index contributed by atoms with van der Waals surface area (Å²) in [4.78, 5) is 0.